The van der Waals surface area contributed by atoms with Crippen LogP contribution in [0.2, 0.25) is 5.02 Å². The molecule has 1 radical (unpaired) electrons. The minimum Gasteiger partial charge on any atom is -0.355 e. The molecule has 1 aromatic rings. The van der Waals surface area contributed by atoms with Gasteiger partial charge in [-0.2, -0.15) is 0 Å². The number of nitrogens with one attached hydrogen (secondary N) is 1. The molecule has 1 unspecified atom stereocenters. The van der Waals surface area contributed by atoms with Crippen LogP contribution in [0.25, 0.3) is 0 Å². The largest absolute Gasteiger partial charge is 0.355 e. The van der Waals surface area contributed by atoms with E-state index in [1.54, 1.807) is 0 Å². The number of hydrogen-bond donors (Lipinski definition) is 1. The van der Waals surface area contributed by atoms with E-state index in [-0.39, 0.29) is 35.5 Å². The van der Waals surface area contributed by atoms with Gasteiger partial charge < -0.3 is 5.32 Å². The van der Waals surface area contributed by atoms with Gasteiger partial charge in [-0.15, -0.1) is 0 Å². The second-order valence-corrected chi connectivity index (χ2v) is 3.69. The molecule has 1 N–H and O–H groups in total. The molecule has 4 heteroatoms. The molecule has 1 aliphatic rings. The summed E-state index contributed by atoms with van der Waals surface area (Å²) in [7, 11) is 0. The van der Waals surface area contributed by atoms with Crippen molar-refractivity contribution in [1.82, 2.24) is 5.32 Å². The molecule has 1 saturated heterocycles. The number of carbonyl (C=O) groups excluding carboxylic acids is 1. The summed E-state index contributed by atoms with van der Waals surface area (Å²) in [6.07, 6.45) is 0.599. The fourth-order valence-electron chi connectivity index (χ4n) is 1.58. The smallest absolute Gasteiger partial charge is 0.220 e. The Labute approximate surface area is 110 Å². The van der Waals surface area contributed by atoms with E-state index in [4.69, 9.17) is 11.6 Å². The summed E-state index contributed by atoms with van der Waals surface area (Å²) < 4.78 is 0. The summed E-state index contributed by atoms with van der Waals surface area (Å²) in [5, 5.41) is 3.55. The molecule has 1 amide bonds. The van der Waals surface area contributed by atoms with Crippen molar-refractivity contribution in [2.24, 2.45) is 0 Å². The number of halogens is 1. The number of carbonyl (C=O) groups is 1. The molecular formula is C10H10ClNNaO. The molecule has 1 aliphatic heterocycles. The Kier molecular flexibility index (Phi) is 4.45. The van der Waals surface area contributed by atoms with Crippen molar-refractivity contribution in [3.05, 3.63) is 34.9 Å². The SMILES string of the molecule is O=C1CC(c2ccc(Cl)cc2)CN1.[Na]. The minimum atomic E-state index is 0. The monoisotopic (exact) mass is 218 g/mol. The standard InChI is InChI=1S/C10H10ClNO.Na/c11-9-3-1-7(2-4-9)8-5-10(13)12-6-8;/h1-4,8H,5-6H2,(H,12,13);. The molecule has 0 bridgehead atoms. The maximum atomic E-state index is 11.0. The van der Waals surface area contributed by atoms with Gasteiger partial charge in [0, 0.05) is 53.5 Å². The zero-order chi connectivity index (χ0) is 9.26. The van der Waals surface area contributed by atoms with Crippen molar-refractivity contribution in [1.29, 1.82) is 0 Å². The molecule has 2 rings (SSSR count). The van der Waals surface area contributed by atoms with Crippen LogP contribution >= 0.6 is 11.6 Å². The van der Waals surface area contributed by atoms with Gasteiger partial charge in [0.2, 0.25) is 5.91 Å². The molecule has 2 nitrogen and oxygen atoms in total. The molecule has 1 aromatic carbocycles. The van der Waals surface area contributed by atoms with E-state index in [1.165, 1.54) is 5.56 Å². The van der Waals surface area contributed by atoms with Crippen molar-refractivity contribution >= 4 is 47.1 Å². The van der Waals surface area contributed by atoms with E-state index in [0.717, 1.165) is 11.6 Å². The third kappa shape index (κ3) is 2.74. The summed E-state index contributed by atoms with van der Waals surface area (Å²) >= 11 is 5.76. The van der Waals surface area contributed by atoms with Crippen LogP contribution in [0, 0.1) is 0 Å². The third-order valence-corrected chi connectivity index (χ3v) is 2.57. The van der Waals surface area contributed by atoms with E-state index in [0.29, 0.717) is 12.3 Å². The van der Waals surface area contributed by atoms with Crippen molar-refractivity contribution in [3.8, 4) is 0 Å². The second kappa shape index (κ2) is 5.17. The van der Waals surface area contributed by atoms with Crippen molar-refractivity contribution in [2.45, 2.75) is 12.3 Å². The Balaban J connectivity index is 0.000000980. The van der Waals surface area contributed by atoms with Crippen LogP contribution in [0.15, 0.2) is 24.3 Å². The maximum absolute atomic E-state index is 11.0. The van der Waals surface area contributed by atoms with Gasteiger partial charge in [0.15, 0.2) is 0 Å². The van der Waals surface area contributed by atoms with Gasteiger partial charge in [-0.25, -0.2) is 0 Å². The van der Waals surface area contributed by atoms with Crippen molar-refractivity contribution < 1.29 is 4.79 Å². The molecular weight excluding hydrogens is 209 g/mol. The van der Waals surface area contributed by atoms with Crippen LogP contribution in [-0.4, -0.2) is 42.0 Å². The Morgan fingerprint density at radius 2 is 1.93 bits per heavy atom. The van der Waals surface area contributed by atoms with Crippen LogP contribution in [-0.2, 0) is 4.79 Å². The quantitative estimate of drug-likeness (QED) is 0.713. The Hall–Kier alpha value is -0.0200. The van der Waals surface area contributed by atoms with Gasteiger partial charge >= 0.3 is 0 Å². The number of hydrogen-bond acceptors (Lipinski definition) is 1. The number of benzene rings is 1. The van der Waals surface area contributed by atoms with Gasteiger partial charge in [0.25, 0.3) is 0 Å². The van der Waals surface area contributed by atoms with Crippen LogP contribution in [0.4, 0.5) is 0 Å². The van der Waals surface area contributed by atoms with Gasteiger partial charge in [0.1, 0.15) is 0 Å². The molecule has 0 aliphatic carbocycles. The van der Waals surface area contributed by atoms with Gasteiger partial charge in [-0.05, 0) is 17.7 Å². The molecule has 0 aromatic heterocycles. The first kappa shape index (κ1) is 12.1. The van der Waals surface area contributed by atoms with Crippen LogP contribution in [0.5, 0.6) is 0 Å². The summed E-state index contributed by atoms with van der Waals surface area (Å²) in [4.78, 5) is 11.0. The summed E-state index contributed by atoms with van der Waals surface area (Å²) in [5.41, 5.74) is 1.18. The van der Waals surface area contributed by atoms with Crippen LogP contribution < -0.4 is 5.32 Å². The third-order valence-electron chi connectivity index (χ3n) is 2.32. The van der Waals surface area contributed by atoms with E-state index >= 15 is 0 Å². The normalized spacial score (nSPS) is 20.1. The molecule has 1 fully saturated rings. The van der Waals surface area contributed by atoms with E-state index in [9.17, 15) is 4.79 Å². The summed E-state index contributed by atoms with van der Waals surface area (Å²) in [6.45, 7) is 0.750. The molecule has 0 saturated carbocycles. The van der Waals surface area contributed by atoms with Crippen molar-refractivity contribution in [3.63, 3.8) is 0 Å². The zero-order valence-corrected chi connectivity index (χ0v) is 10.8. The Morgan fingerprint density at radius 1 is 1.29 bits per heavy atom. The Bertz CT molecular complexity index is 325. The summed E-state index contributed by atoms with van der Waals surface area (Å²) in [5.74, 6) is 0.463. The van der Waals surface area contributed by atoms with E-state index < -0.39 is 0 Å². The first-order valence-electron chi connectivity index (χ1n) is 4.28. The number of amides is 1. The van der Waals surface area contributed by atoms with Crippen LogP contribution in [0.3, 0.4) is 0 Å². The predicted octanol–water partition coefficient (Wildman–Crippen LogP) is 1.56. The fraction of sp³-hybridized carbons (Fsp3) is 0.300. The minimum absolute atomic E-state index is 0. The fourth-order valence-corrected chi connectivity index (χ4v) is 1.70. The van der Waals surface area contributed by atoms with Crippen molar-refractivity contribution in [2.75, 3.05) is 6.54 Å². The van der Waals surface area contributed by atoms with Gasteiger partial charge in [0.05, 0.1) is 0 Å². The molecule has 0 spiro atoms. The van der Waals surface area contributed by atoms with Crippen LogP contribution in [0.1, 0.15) is 17.9 Å². The average molecular weight is 219 g/mol. The molecule has 69 valence electrons. The second-order valence-electron chi connectivity index (χ2n) is 3.26. The van der Waals surface area contributed by atoms with Gasteiger partial charge in [-0.3, -0.25) is 4.79 Å². The predicted molar refractivity (Wildman–Crippen MR) is 57.6 cm³/mol. The zero-order valence-electron chi connectivity index (χ0n) is 8.09. The van der Waals surface area contributed by atoms with E-state index in [1.807, 2.05) is 24.3 Å². The number of rotatable bonds is 1. The molecule has 14 heavy (non-hydrogen) atoms. The average Bonchev–Trinajstić information content (AvgIpc) is 2.53. The van der Waals surface area contributed by atoms with Gasteiger partial charge in [-0.1, -0.05) is 23.7 Å². The summed E-state index contributed by atoms with van der Waals surface area (Å²) in [6, 6.07) is 7.68. The molecule has 1 heterocycles. The maximum Gasteiger partial charge on any atom is 0.220 e. The molecule has 1 atom stereocenters. The van der Waals surface area contributed by atoms with E-state index in [2.05, 4.69) is 5.32 Å². The first-order valence-corrected chi connectivity index (χ1v) is 4.65. The topological polar surface area (TPSA) is 29.1 Å². The Morgan fingerprint density at radius 3 is 2.43 bits per heavy atom. The first-order chi connectivity index (χ1) is 6.25.